The lowest BCUT2D eigenvalue weighted by molar-refractivity contribution is -0.125. The second-order valence-corrected chi connectivity index (χ2v) is 7.00. The van der Waals surface area contributed by atoms with E-state index in [9.17, 15) is 4.79 Å². The lowest BCUT2D eigenvalue weighted by atomic mass is 10.0. The number of nitrogens with zero attached hydrogens (tertiary/aromatic N) is 2. The molecule has 6 heteroatoms. The first-order chi connectivity index (χ1) is 12.6. The third-order valence-corrected chi connectivity index (χ3v) is 4.92. The highest BCUT2D eigenvalue weighted by Crippen LogP contribution is 2.35. The molecule has 0 radical (unpaired) electrons. The molecule has 1 aliphatic heterocycles. The standard InChI is InChI=1S/C20H23N3O3/c1-23(2)19(15-6-7-17-18(9-15)26-12-25-17)20(24)22-11-13-8-14-4-3-5-16(14)21-10-13/h6-10,19H,3-5,11-12H2,1-2H3,(H,22,24)/t19-/m1/s1. The second-order valence-electron chi connectivity index (χ2n) is 7.00. The third-order valence-electron chi connectivity index (χ3n) is 4.92. The summed E-state index contributed by atoms with van der Waals surface area (Å²) < 4.78 is 10.8. The molecule has 26 heavy (non-hydrogen) atoms. The molecule has 0 fully saturated rings. The van der Waals surface area contributed by atoms with E-state index in [1.807, 2.05) is 43.4 Å². The lowest BCUT2D eigenvalue weighted by Gasteiger charge is -2.24. The number of nitrogens with one attached hydrogen (secondary N) is 1. The summed E-state index contributed by atoms with van der Waals surface area (Å²) in [6.07, 6.45) is 5.19. The molecule has 0 saturated heterocycles. The summed E-state index contributed by atoms with van der Waals surface area (Å²) in [6, 6.07) is 7.41. The average Bonchev–Trinajstić information content (AvgIpc) is 3.27. The number of hydrogen-bond acceptors (Lipinski definition) is 5. The van der Waals surface area contributed by atoms with Gasteiger partial charge in [0.2, 0.25) is 12.7 Å². The molecule has 1 aromatic carbocycles. The molecular formula is C20H23N3O3. The number of carbonyl (C=O) groups is 1. The number of hydrogen-bond donors (Lipinski definition) is 1. The van der Waals surface area contributed by atoms with Crippen LogP contribution in [0, 0.1) is 0 Å². The van der Waals surface area contributed by atoms with Crippen LogP contribution in [0.2, 0.25) is 0 Å². The molecule has 0 spiro atoms. The van der Waals surface area contributed by atoms with Crippen molar-refractivity contribution in [2.75, 3.05) is 20.9 Å². The first-order valence-corrected chi connectivity index (χ1v) is 8.92. The quantitative estimate of drug-likeness (QED) is 0.893. The lowest BCUT2D eigenvalue weighted by Crippen LogP contribution is -2.36. The Morgan fingerprint density at radius 1 is 1.23 bits per heavy atom. The van der Waals surface area contributed by atoms with Gasteiger partial charge in [-0.1, -0.05) is 12.1 Å². The van der Waals surface area contributed by atoms with Gasteiger partial charge in [0, 0.05) is 18.4 Å². The predicted octanol–water partition coefficient (Wildman–Crippen LogP) is 2.22. The molecular weight excluding hydrogens is 330 g/mol. The number of rotatable bonds is 5. The van der Waals surface area contributed by atoms with Crippen LogP contribution >= 0.6 is 0 Å². The highest BCUT2D eigenvalue weighted by Gasteiger charge is 2.25. The number of aryl methyl sites for hydroxylation is 2. The number of aromatic nitrogens is 1. The second kappa shape index (κ2) is 6.96. The van der Waals surface area contributed by atoms with E-state index in [0.29, 0.717) is 12.3 Å². The fraction of sp³-hybridized carbons (Fsp3) is 0.400. The van der Waals surface area contributed by atoms with Crippen molar-refractivity contribution >= 4 is 5.91 Å². The van der Waals surface area contributed by atoms with Crippen LogP contribution in [0.4, 0.5) is 0 Å². The zero-order valence-corrected chi connectivity index (χ0v) is 15.1. The van der Waals surface area contributed by atoms with Gasteiger partial charge >= 0.3 is 0 Å². The molecule has 2 heterocycles. The van der Waals surface area contributed by atoms with Crippen molar-refractivity contribution in [3.8, 4) is 11.5 Å². The molecule has 1 N–H and O–H groups in total. The molecule has 0 saturated carbocycles. The fourth-order valence-corrected chi connectivity index (χ4v) is 3.63. The highest BCUT2D eigenvalue weighted by molar-refractivity contribution is 5.83. The summed E-state index contributed by atoms with van der Waals surface area (Å²) in [4.78, 5) is 19.3. The van der Waals surface area contributed by atoms with Crippen molar-refractivity contribution in [2.24, 2.45) is 0 Å². The number of likely N-dealkylation sites (N-methyl/N-ethyl adjacent to an activating group) is 1. The topological polar surface area (TPSA) is 63.7 Å². The Morgan fingerprint density at radius 3 is 2.92 bits per heavy atom. The van der Waals surface area contributed by atoms with Crippen LogP contribution in [0.25, 0.3) is 0 Å². The van der Waals surface area contributed by atoms with Crippen molar-refractivity contribution in [3.05, 3.63) is 52.8 Å². The summed E-state index contributed by atoms with van der Waals surface area (Å²) in [7, 11) is 3.79. The summed E-state index contributed by atoms with van der Waals surface area (Å²) >= 11 is 0. The number of pyridine rings is 1. The number of ether oxygens (including phenoxy) is 2. The van der Waals surface area contributed by atoms with Gasteiger partial charge in [0.25, 0.3) is 0 Å². The monoisotopic (exact) mass is 353 g/mol. The van der Waals surface area contributed by atoms with Crippen molar-refractivity contribution < 1.29 is 14.3 Å². The van der Waals surface area contributed by atoms with Crippen molar-refractivity contribution in [2.45, 2.75) is 31.8 Å². The van der Waals surface area contributed by atoms with Gasteiger partial charge in [-0.25, -0.2) is 0 Å². The van der Waals surface area contributed by atoms with Crippen LogP contribution in [-0.2, 0) is 24.2 Å². The van der Waals surface area contributed by atoms with E-state index in [1.54, 1.807) is 0 Å². The third kappa shape index (κ3) is 3.24. The Hall–Kier alpha value is -2.60. The van der Waals surface area contributed by atoms with Crippen LogP contribution in [0.5, 0.6) is 11.5 Å². The largest absolute Gasteiger partial charge is 0.454 e. The number of carbonyl (C=O) groups excluding carboxylic acids is 1. The van der Waals surface area contributed by atoms with Crippen molar-refractivity contribution in [1.82, 2.24) is 15.2 Å². The maximum atomic E-state index is 12.8. The Balaban J connectivity index is 1.47. The zero-order chi connectivity index (χ0) is 18.1. The van der Waals surface area contributed by atoms with E-state index in [2.05, 4.69) is 16.4 Å². The number of fused-ring (bicyclic) bond motifs is 2. The Kier molecular flexibility index (Phi) is 4.51. The van der Waals surface area contributed by atoms with Gasteiger partial charge in [0.15, 0.2) is 11.5 Å². The van der Waals surface area contributed by atoms with Gasteiger partial charge in [0.1, 0.15) is 6.04 Å². The number of benzene rings is 1. The summed E-state index contributed by atoms with van der Waals surface area (Å²) in [5.74, 6) is 1.36. The molecule has 1 atom stereocenters. The molecule has 4 rings (SSSR count). The first-order valence-electron chi connectivity index (χ1n) is 8.92. The van der Waals surface area contributed by atoms with E-state index in [1.165, 1.54) is 17.7 Å². The van der Waals surface area contributed by atoms with Crippen LogP contribution in [0.15, 0.2) is 30.5 Å². The zero-order valence-electron chi connectivity index (χ0n) is 15.1. The normalized spacial score (nSPS) is 15.8. The van der Waals surface area contributed by atoms with Gasteiger partial charge in [-0.05, 0) is 62.2 Å². The molecule has 0 unspecified atom stereocenters. The minimum Gasteiger partial charge on any atom is -0.454 e. The molecule has 1 amide bonds. The van der Waals surface area contributed by atoms with Gasteiger partial charge in [-0.2, -0.15) is 0 Å². The summed E-state index contributed by atoms with van der Waals surface area (Å²) in [6.45, 7) is 0.705. The molecule has 1 aliphatic carbocycles. The van der Waals surface area contributed by atoms with Crippen LogP contribution in [0.3, 0.4) is 0 Å². The van der Waals surface area contributed by atoms with Crippen LogP contribution in [0.1, 0.15) is 34.8 Å². The van der Waals surface area contributed by atoms with Crippen molar-refractivity contribution in [1.29, 1.82) is 0 Å². The minimum absolute atomic E-state index is 0.0469. The molecule has 2 aromatic rings. The summed E-state index contributed by atoms with van der Waals surface area (Å²) in [5.41, 5.74) is 4.44. The smallest absolute Gasteiger partial charge is 0.242 e. The Bertz CT molecular complexity index is 835. The molecule has 1 aromatic heterocycles. The van der Waals surface area contributed by atoms with Gasteiger partial charge in [-0.3, -0.25) is 14.7 Å². The van der Waals surface area contributed by atoms with Crippen LogP contribution in [-0.4, -0.2) is 36.7 Å². The molecule has 6 nitrogen and oxygen atoms in total. The van der Waals surface area contributed by atoms with Gasteiger partial charge in [-0.15, -0.1) is 0 Å². The van der Waals surface area contributed by atoms with E-state index >= 15 is 0 Å². The molecule has 2 aliphatic rings. The van der Waals surface area contributed by atoms with E-state index in [0.717, 1.165) is 29.7 Å². The van der Waals surface area contributed by atoms with Gasteiger partial charge in [0.05, 0.1) is 0 Å². The molecule has 0 bridgehead atoms. The Labute approximate surface area is 153 Å². The van der Waals surface area contributed by atoms with E-state index in [-0.39, 0.29) is 12.7 Å². The fourth-order valence-electron chi connectivity index (χ4n) is 3.63. The summed E-state index contributed by atoms with van der Waals surface area (Å²) in [5, 5.41) is 3.05. The maximum absolute atomic E-state index is 12.8. The Morgan fingerprint density at radius 2 is 2.08 bits per heavy atom. The highest BCUT2D eigenvalue weighted by atomic mass is 16.7. The predicted molar refractivity (Wildman–Crippen MR) is 97.1 cm³/mol. The maximum Gasteiger partial charge on any atom is 0.242 e. The van der Waals surface area contributed by atoms with E-state index in [4.69, 9.17) is 9.47 Å². The number of amides is 1. The SMILES string of the molecule is CN(C)[C@@H](C(=O)NCc1cnc2c(c1)CCC2)c1ccc2c(c1)OCO2. The van der Waals surface area contributed by atoms with Crippen LogP contribution < -0.4 is 14.8 Å². The van der Waals surface area contributed by atoms with Gasteiger partial charge < -0.3 is 14.8 Å². The average molecular weight is 353 g/mol. The molecule has 136 valence electrons. The minimum atomic E-state index is -0.396. The first kappa shape index (κ1) is 16.8. The van der Waals surface area contributed by atoms with Crippen molar-refractivity contribution in [3.63, 3.8) is 0 Å². The van der Waals surface area contributed by atoms with E-state index < -0.39 is 6.04 Å².